The summed E-state index contributed by atoms with van der Waals surface area (Å²) in [6.07, 6.45) is 19.1. The molecule has 0 fully saturated rings. The molecule has 0 radical (unpaired) electrons. The predicted octanol–water partition coefficient (Wildman–Crippen LogP) is 7.50. The molecule has 0 bridgehead atoms. The van der Waals surface area contributed by atoms with Crippen molar-refractivity contribution >= 4 is 23.5 Å². The van der Waals surface area contributed by atoms with Gasteiger partial charge in [-0.05, 0) is 24.5 Å². The number of hydrogen-bond donors (Lipinski definition) is 0. The molecule has 0 aliphatic heterocycles. The van der Waals surface area contributed by atoms with E-state index in [1.165, 1.54) is 85.9 Å². The van der Waals surface area contributed by atoms with Gasteiger partial charge in [-0.15, -0.1) is 11.3 Å². The molecule has 0 aliphatic rings. The molecule has 0 amide bonds. The smallest absolute Gasteiger partial charge is 0.0302 e. The van der Waals surface area contributed by atoms with E-state index in [-0.39, 0.29) is 0 Å². The Labute approximate surface area is 136 Å². The number of aryl methyl sites for hydroxylation is 1. The van der Waals surface area contributed by atoms with Crippen LogP contribution in [0.4, 0.5) is 0 Å². The summed E-state index contributed by atoms with van der Waals surface area (Å²) in [5, 5.41) is 0. The highest BCUT2D eigenvalue weighted by Crippen LogP contribution is 2.26. The molecular weight excluding hydrogens is 272 g/mol. The molecule has 1 heteroatoms. The Morgan fingerprint density at radius 1 is 0.857 bits per heavy atom. The summed E-state index contributed by atoms with van der Waals surface area (Å²) in [4.78, 5) is 2.60. The van der Waals surface area contributed by atoms with Gasteiger partial charge in [-0.3, -0.25) is 0 Å². The van der Waals surface area contributed by atoms with E-state index in [0.717, 1.165) is 0 Å². The molecule has 0 saturated carbocycles. The van der Waals surface area contributed by atoms with Crippen molar-refractivity contribution in [2.75, 3.05) is 0 Å². The van der Waals surface area contributed by atoms with Crippen LogP contribution in [0, 0.1) is 0 Å². The molecule has 0 N–H and O–H groups in total. The second-order valence-corrected chi connectivity index (χ2v) is 6.99. The van der Waals surface area contributed by atoms with Crippen molar-refractivity contribution in [3.63, 3.8) is 0 Å². The Bertz CT molecular complexity index is 400. The van der Waals surface area contributed by atoms with Crippen LogP contribution in [-0.2, 0) is 6.42 Å². The van der Waals surface area contributed by atoms with Gasteiger partial charge in [0.25, 0.3) is 0 Å². The third kappa shape index (κ3) is 7.66. The third-order valence-corrected chi connectivity index (χ3v) is 5.22. The van der Waals surface area contributed by atoms with Gasteiger partial charge in [-0.2, -0.15) is 0 Å². The zero-order chi connectivity index (χ0) is 15.3. The molecule has 0 atom stereocenters. The lowest BCUT2D eigenvalue weighted by Gasteiger charge is -2.03. The molecule has 1 heterocycles. The summed E-state index contributed by atoms with van der Waals surface area (Å²) >= 11 is 1.80. The van der Waals surface area contributed by atoms with E-state index >= 15 is 0 Å². The lowest BCUT2D eigenvalue weighted by Crippen LogP contribution is -1.86. The summed E-state index contributed by atoms with van der Waals surface area (Å²) in [6, 6.07) is 2.28. The molecule has 0 saturated heterocycles. The average Bonchev–Trinajstić information content (AvgIpc) is 2.91. The Morgan fingerprint density at radius 2 is 1.43 bits per heavy atom. The average molecular weight is 305 g/mol. The van der Waals surface area contributed by atoms with Gasteiger partial charge in [0.15, 0.2) is 0 Å². The molecule has 118 valence electrons. The maximum Gasteiger partial charge on any atom is 0.0302 e. The first-order chi connectivity index (χ1) is 10.3. The van der Waals surface area contributed by atoms with Gasteiger partial charge >= 0.3 is 0 Å². The van der Waals surface area contributed by atoms with E-state index in [1.54, 1.807) is 11.3 Å². The Balaban J connectivity index is 2.05. The predicted molar refractivity (Wildman–Crippen MR) is 100 cm³/mol. The topological polar surface area (TPSA) is 0 Å². The summed E-state index contributed by atoms with van der Waals surface area (Å²) in [6.45, 7) is 10.0. The number of rotatable bonds is 13. The van der Waals surface area contributed by atoms with E-state index < -0.39 is 0 Å². The van der Waals surface area contributed by atoms with Crippen molar-refractivity contribution in [1.29, 1.82) is 0 Å². The van der Waals surface area contributed by atoms with E-state index in [4.69, 9.17) is 0 Å². The molecule has 21 heavy (non-hydrogen) atoms. The van der Waals surface area contributed by atoms with E-state index in [0.29, 0.717) is 0 Å². The maximum absolute atomic E-state index is 3.91. The quantitative estimate of drug-likeness (QED) is 0.331. The minimum Gasteiger partial charge on any atom is -0.136 e. The maximum atomic E-state index is 3.91. The Morgan fingerprint density at radius 3 is 1.95 bits per heavy atom. The molecule has 1 aromatic rings. The minimum atomic E-state index is 1.20. The third-order valence-electron chi connectivity index (χ3n) is 4.05. The standard InChI is InChI=1S/C20H32S/c1-4-7-8-9-10-11-12-13-14-15-16-18-17-19(5-2)21-20(18)6-3/h5-6,17H,2-4,7-16H2,1H3. The molecule has 0 aliphatic carbocycles. The molecule has 0 nitrogen and oxygen atoms in total. The van der Waals surface area contributed by atoms with Crippen LogP contribution in [-0.4, -0.2) is 0 Å². The normalized spacial score (nSPS) is 10.7. The first kappa shape index (κ1) is 18.2. The van der Waals surface area contributed by atoms with Crippen molar-refractivity contribution in [1.82, 2.24) is 0 Å². The van der Waals surface area contributed by atoms with Crippen molar-refractivity contribution < 1.29 is 0 Å². The van der Waals surface area contributed by atoms with Gasteiger partial charge in [0, 0.05) is 9.75 Å². The van der Waals surface area contributed by atoms with Crippen molar-refractivity contribution in [3.05, 3.63) is 34.5 Å². The second-order valence-electron chi connectivity index (χ2n) is 5.88. The van der Waals surface area contributed by atoms with Crippen LogP contribution in [0.3, 0.4) is 0 Å². The van der Waals surface area contributed by atoms with E-state index in [2.05, 4.69) is 26.1 Å². The van der Waals surface area contributed by atoms with Crippen LogP contribution < -0.4 is 0 Å². The lowest BCUT2D eigenvalue weighted by molar-refractivity contribution is 0.556. The zero-order valence-electron chi connectivity index (χ0n) is 13.8. The van der Waals surface area contributed by atoms with Crippen LogP contribution in [0.1, 0.15) is 86.4 Å². The highest BCUT2D eigenvalue weighted by Gasteiger charge is 2.04. The first-order valence-corrected chi connectivity index (χ1v) is 9.51. The van der Waals surface area contributed by atoms with Crippen LogP contribution in [0.25, 0.3) is 12.2 Å². The van der Waals surface area contributed by atoms with Crippen LogP contribution in [0.15, 0.2) is 19.2 Å². The molecule has 0 unspecified atom stereocenters. The number of thiophene rings is 1. The fourth-order valence-corrected chi connectivity index (χ4v) is 3.65. The molecule has 0 aromatic carbocycles. The molecular formula is C20H32S. The van der Waals surface area contributed by atoms with Crippen molar-refractivity contribution in [2.24, 2.45) is 0 Å². The number of hydrogen-bond acceptors (Lipinski definition) is 1. The van der Waals surface area contributed by atoms with Gasteiger partial charge in [-0.25, -0.2) is 0 Å². The summed E-state index contributed by atoms with van der Waals surface area (Å²) in [5.74, 6) is 0. The van der Waals surface area contributed by atoms with Gasteiger partial charge < -0.3 is 0 Å². The first-order valence-electron chi connectivity index (χ1n) is 8.69. The van der Waals surface area contributed by atoms with Gasteiger partial charge in [0.2, 0.25) is 0 Å². The monoisotopic (exact) mass is 304 g/mol. The van der Waals surface area contributed by atoms with Crippen LogP contribution in [0.2, 0.25) is 0 Å². The van der Waals surface area contributed by atoms with Crippen LogP contribution >= 0.6 is 11.3 Å². The van der Waals surface area contributed by atoms with Crippen molar-refractivity contribution in [3.8, 4) is 0 Å². The highest BCUT2D eigenvalue weighted by molar-refractivity contribution is 7.13. The summed E-state index contributed by atoms with van der Waals surface area (Å²) in [5.41, 5.74) is 1.46. The summed E-state index contributed by atoms with van der Waals surface area (Å²) < 4.78 is 0. The van der Waals surface area contributed by atoms with Gasteiger partial charge in [0.05, 0.1) is 0 Å². The Hall–Kier alpha value is -0.820. The second kappa shape index (κ2) is 11.8. The van der Waals surface area contributed by atoms with Gasteiger partial charge in [-0.1, -0.05) is 90.0 Å². The minimum absolute atomic E-state index is 1.20. The van der Waals surface area contributed by atoms with Gasteiger partial charge in [0.1, 0.15) is 0 Å². The van der Waals surface area contributed by atoms with E-state index in [9.17, 15) is 0 Å². The Kier molecular flexibility index (Phi) is 10.2. The fourth-order valence-electron chi connectivity index (χ4n) is 2.74. The SMILES string of the molecule is C=Cc1cc(CCCCCCCCCCCC)c(C=C)s1. The molecule has 1 rings (SSSR count). The number of unbranched alkanes of at least 4 members (excludes halogenated alkanes) is 9. The van der Waals surface area contributed by atoms with E-state index in [1.807, 2.05) is 12.2 Å². The molecule has 0 spiro atoms. The highest BCUT2D eigenvalue weighted by atomic mass is 32.1. The van der Waals surface area contributed by atoms with Crippen molar-refractivity contribution in [2.45, 2.75) is 77.6 Å². The summed E-state index contributed by atoms with van der Waals surface area (Å²) in [7, 11) is 0. The zero-order valence-corrected chi connectivity index (χ0v) is 14.6. The molecule has 1 aromatic heterocycles. The largest absolute Gasteiger partial charge is 0.136 e. The fraction of sp³-hybridized carbons (Fsp3) is 0.600. The van der Waals surface area contributed by atoms with Crippen LogP contribution in [0.5, 0.6) is 0 Å². The lowest BCUT2D eigenvalue weighted by atomic mass is 10.0.